The lowest BCUT2D eigenvalue weighted by Gasteiger charge is -2.39. The molecule has 0 unspecified atom stereocenters. The molecule has 2 N–H and O–H groups in total. The van der Waals surface area contributed by atoms with Gasteiger partial charge in [0, 0.05) is 23.7 Å². The smallest absolute Gasteiger partial charge is 0.336 e. The van der Waals surface area contributed by atoms with Crippen LogP contribution in [0.5, 0.6) is 0 Å². The number of nitro groups is 1. The molecule has 2 aliphatic rings. The number of nitrogens with zero attached hydrogens (tertiary/aromatic N) is 1. The zero-order valence-electron chi connectivity index (χ0n) is 14.2. The Labute approximate surface area is 150 Å². The highest BCUT2D eigenvalue weighted by Gasteiger charge is 2.40. The van der Waals surface area contributed by atoms with Gasteiger partial charge in [-0.15, -0.1) is 0 Å². The van der Waals surface area contributed by atoms with Crippen molar-refractivity contribution in [3.63, 3.8) is 0 Å². The van der Waals surface area contributed by atoms with Gasteiger partial charge in [0.2, 0.25) is 0 Å². The maximum atomic E-state index is 11.7. The molecule has 0 saturated carbocycles. The third kappa shape index (κ3) is 2.45. The molecule has 2 aromatic rings. The van der Waals surface area contributed by atoms with Gasteiger partial charge in [-0.25, -0.2) is 4.79 Å². The Bertz CT molecular complexity index is 951. The first-order valence-electron chi connectivity index (χ1n) is 8.51. The van der Waals surface area contributed by atoms with Gasteiger partial charge in [0.15, 0.2) is 0 Å². The topological polar surface area (TPSA) is 92.5 Å². The Morgan fingerprint density at radius 3 is 2.85 bits per heavy atom. The van der Waals surface area contributed by atoms with Gasteiger partial charge in [0.25, 0.3) is 5.69 Å². The second kappa shape index (κ2) is 5.98. The molecule has 0 amide bonds. The molecule has 0 aromatic heterocycles. The Morgan fingerprint density at radius 1 is 1.31 bits per heavy atom. The molecule has 4 rings (SSSR count). The largest absolute Gasteiger partial charge is 0.478 e. The average Bonchev–Trinajstić information content (AvgIpc) is 3.11. The molecule has 0 radical (unpaired) electrons. The van der Waals surface area contributed by atoms with E-state index in [2.05, 4.69) is 17.5 Å². The normalized spacial score (nSPS) is 23.0. The standard InChI is InChI=1S/C20H18N2O4/c1-11-8-9-16(20(23)24)17-14-6-3-7-15(14)19(21-18(11)17)12-4-2-5-13(10-12)22(25)26/h2-6,8-10,14-15,19,21H,7H2,1H3,(H,23,24)/t14-,15+,19+/m1/s1. The summed E-state index contributed by atoms with van der Waals surface area (Å²) in [6.07, 6.45) is 4.95. The first-order chi connectivity index (χ1) is 12.5. The number of aryl methyl sites for hydroxylation is 1. The molecule has 1 aliphatic heterocycles. The number of benzene rings is 2. The van der Waals surface area contributed by atoms with Crippen LogP contribution in [0.3, 0.4) is 0 Å². The molecule has 0 bridgehead atoms. The lowest BCUT2D eigenvalue weighted by Crippen LogP contribution is -2.31. The first kappa shape index (κ1) is 16.3. The molecule has 1 heterocycles. The van der Waals surface area contributed by atoms with E-state index in [9.17, 15) is 20.0 Å². The summed E-state index contributed by atoms with van der Waals surface area (Å²) in [6, 6.07) is 10.0. The first-order valence-corrected chi connectivity index (χ1v) is 8.51. The lowest BCUT2D eigenvalue weighted by molar-refractivity contribution is -0.384. The van der Waals surface area contributed by atoms with Gasteiger partial charge in [-0.05, 0) is 42.0 Å². The van der Waals surface area contributed by atoms with E-state index in [-0.39, 0.29) is 23.6 Å². The van der Waals surface area contributed by atoms with Crippen LogP contribution in [0.2, 0.25) is 0 Å². The van der Waals surface area contributed by atoms with E-state index in [0.29, 0.717) is 5.56 Å². The molecule has 0 saturated heterocycles. The Morgan fingerprint density at radius 2 is 2.12 bits per heavy atom. The predicted octanol–water partition coefficient (Wildman–Crippen LogP) is 4.43. The second-order valence-electron chi connectivity index (χ2n) is 6.85. The minimum Gasteiger partial charge on any atom is -0.478 e. The zero-order valence-corrected chi connectivity index (χ0v) is 14.2. The van der Waals surface area contributed by atoms with Crippen LogP contribution in [-0.4, -0.2) is 16.0 Å². The molecule has 2 aromatic carbocycles. The molecule has 3 atom stereocenters. The number of anilines is 1. The fourth-order valence-corrected chi connectivity index (χ4v) is 4.20. The van der Waals surface area contributed by atoms with Crippen molar-refractivity contribution >= 4 is 17.3 Å². The van der Waals surface area contributed by atoms with Crippen LogP contribution in [0.1, 0.15) is 45.4 Å². The number of carboxylic acids is 1. The van der Waals surface area contributed by atoms with E-state index in [1.165, 1.54) is 6.07 Å². The highest BCUT2D eigenvalue weighted by atomic mass is 16.6. The number of carboxylic acid groups (broad SMARTS) is 1. The summed E-state index contributed by atoms with van der Waals surface area (Å²) in [5.74, 6) is -0.818. The Balaban J connectivity index is 1.85. The van der Waals surface area contributed by atoms with Crippen LogP contribution in [0.25, 0.3) is 0 Å². The molecule has 6 nitrogen and oxygen atoms in total. The van der Waals surface area contributed by atoms with Gasteiger partial charge in [0.05, 0.1) is 16.5 Å². The summed E-state index contributed by atoms with van der Waals surface area (Å²) >= 11 is 0. The Kier molecular flexibility index (Phi) is 3.76. The molecule has 26 heavy (non-hydrogen) atoms. The van der Waals surface area contributed by atoms with E-state index in [0.717, 1.165) is 28.8 Å². The SMILES string of the molecule is Cc1ccc(C(=O)O)c2c1N[C@@H](c1cccc([N+](=O)[O-])c1)[C@H]1CC=C[C@@H]21. The molecule has 6 heteroatoms. The number of non-ortho nitro benzene ring substituents is 1. The summed E-state index contributed by atoms with van der Waals surface area (Å²) in [4.78, 5) is 22.5. The monoisotopic (exact) mass is 350 g/mol. The van der Waals surface area contributed by atoms with Crippen LogP contribution in [0.4, 0.5) is 11.4 Å². The minimum absolute atomic E-state index is 0.0125. The van der Waals surface area contributed by atoms with Crippen molar-refractivity contribution < 1.29 is 14.8 Å². The highest BCUT2D eigenvalue weighted by Crippen LogP contribution is 2.51. The van der Waals surface area contributed by atoms with Crippen molar-refractivity contribution in [3.8, 4) is 0 Å². The fourth-order valence-electron chi connectivity index (χ4n) is 4.20. The fraction of sp³-hybridized carbons (Fsp3) is 0.250. The maximum absolute atomic E-state index is 11.7. The molecule has 0 spiro atoms. The van der Waals surface area contributed by atoms with Crippen LogP contribution in [0.15, 0.2) is 48.6 Å². The minimum atomic E-state index is -0.934. The molecular weight excluding hydrogens is 332 g/mol. The third-order valence-electron chi connectivity index (χ3n) is 5.40. The lowest BCUT2D eigenvalue weighted by atomic mass is 9.74. The van der Waals surface area contributed by atoms with Crippen LogP contribution >= 0.6 is 0 Å². The van der Waals surface area contributed by atoms with Crippen molar-refractivity contribution in [2.45, 2.75) is 25.3 Å². The number of fused-ring (bicyclic) bond motifs is 3. The van der Waals surface area contributed by atoms with Gasteiger partial charge in [0.1, 0.15) is 0 Å². The predicted molar refractivity (Wildman–Crippen MR) is 97.6 cm³/mol. The summed E-state index contributed by atoms with van der Waals surface area (Å²) in [7, 11) is 0. The van der Waals surface area contributed by atoms with Crippen molar-refractivity contribution in [1.82, 2.24) is 0 Å². The van der Waals surface area contributed by atoms with Crippen LogP contribution < -0.4 is 5.32 Å². The molecule has 0 fully saturated rings. The number of nitro benzene ring substituents is 1. The third-order valence-corrected chi connectivity index (χ3v) is 5.40. The van der Waals surface area contributed by atoms with Crippen molar-refractivity contribution in [3.05, 3.63) is 80.9 Å². The molecular formula is C20H18N2O4. The van der Waals surface area contributed by atoms with Crippen molar-refractivity contribution in [2.24, 2.45) is 5.92 Å². The van der Waals surface area contributed by atoms with Crippen LogP contribution in [-0.2, 0) is 0 Å². The zero-order chi connectivity index (χ0) is 18.4. The quantitative estimate of drug-likeness (QED) is 0.485. The number of rotatable bonds is 3. The summed E-state index contributed by atoms with van der Waals surface area (Å²) < 4.78 is 0. The van der Waals surface area contributed by atoms with E-state index in [1.807, 2.05) is 13.0 Å². The number of nitrogens with one attached hydrogen (secondary N) is 1. The van der Waals surface area contributed by atoms with E-state index >= 15 is 0 Å². The molecule has 1 aliphatic carbocycles. The summed E-state index contributed by atoms with van der Waals surface area (Å²) in [5, 5.41) is 24.2. The summed E-state index contributed by atoms with van der Waals surface area (Å²) in [5.41, 5.74) is 3.85. The van der Waals surface area contributed by atoms with Gasteiger partial charge in [-0.3, -0.25) is 10.1 Å². The second-order valence-corrected chi connectivity index (χ2v) is 6.85. The summed E-state index contributed by atoms with van der Waals surface area (Å²) in [6.45, 7) is 1.95. The van der Waals surface area contributed by atoms with Gasteiger partial charge < -0.3 is 10.4 Å². The highest BCUT2D eigenvalue weighted by molar-refractivity contribution is 5.93. The number of aromatic carboxylic acids is 1. The number of carbonyl (C=O) groups is 1. The van der Waals surface area contributed by atoms with Crippen molar-refractivity contribution in [1.29, 1.82) is 0 Å². The molecule has 132 valence electrons. The van der Waals surface area contributed by atoms with Gasteiger partial charge >= 0.3 is 5.97 Å². The van der Waals surface area contributed by atoms with Gasteiger partial charge in [-0.1, -0.05) is 30.4 Å². The van der Waals surface area contributed by atoms with Crippen molar-refractivity contribution in [2.75, 3.05) is 5.32 Å². The average molecular weight is 350 g/mol. The maximum Gasteiger partial charge on any atom is 0.336 e. The number of hydrogen-bond donors (Lipinski definition) is 2. The number of hydrogen-bond acceptors (Lipinski definition) is 4. The number of allylic oxidation sites excluding steroid dienone is 2. The van der Waals surface area contributed by atoms with Gasteiger partial charge in [-0.2, -0.15) is 0 Å². The van der Waals surface area contributed by atoms with E-state index in [4.69, 9.17) is 0 Å². The Hall–Kier alpha value is -3.15. The van der Waals surface area contributed by atoms with E-state index in [1.54, 1.807) is 24.3 Å². The van der Waals surface area contributed by atoms with E-state index < -0.39 is 10.9 Å². The van der Waals surface area contributed by atoms with Crippen LogP contribution in [0, 0.1) is 23.0 Å².